The van der Waals surface area contributed by atoms with Crippen molar-refractivity contribution in [1.82, 2.24) is 20.1 Å². The molecule has 0 N–H and O–H groups in total. The zero-order valence-corrected chi connectivity index (χ0v) is 9.97. The van der Waals surface area contributed by atoms with Crippen LogP contribution in [0.5, 0.6) is 0 Å². The van der Waals surface area contributed by atoms with E-state index in [2.05, 4.69) is 31.3 Å². The summed E-state index contributed by atoms with van der Waals surface area (Å²) >= 11 is 3.47. The Kier molecular flexibility index (Phi) is 2.03. The molecular formula is C10H7BrN4O. The average molecular weight is 279 g/mol. The maximum absolute atomic E-state index is 4.74. The van der Waals surface area contributed by atoms with Crippen LogP contribution < -0.4 is 0 Å². The van der Waals surface area contributed by atoms with Crippen molar-refractivity contribution in [3.05, 3.63) is 28.9 Å². The van der Waals surface area contributed by atoms with Crippen LogP contribution in [-0.4, -0.2) is 20.1 Å². The predicted molar refractivity (Wildman–Crippen MR) is 61.7 cm³/mol. The second-order valence-corrected chi connectivity index (χ2v) is 4.26. The molecule has 2 heterocycles. The molecule has 0 saturated carbocycles. The van der Waals surface area contributed by atoms with Crippen molar-refractivity contribution in [3.8, 4) is 11.3 Å². The summed E-state index contributed by atoms with van der Waals surface area (Å²) in [5.74, 6) is 0. The molecule has 0 aliphatic carbocycles. The van der Waals surface area contributed by atoms with Gasteiger partial charge in [0, 0.05) is 12.6 Å². The van der Waals surface area contributed by atoms with E-state index in [0.717, 1.165) is 26.8 Å². The summed E-state index contributed by atoms with van der Waals surface area (Å²) in [6.45, 7) is 0. The Hall–Kier alpha value is -1.69. The third kappa shape index (κ3) is 1.26. The second kappa shape index (κ2) is 3.41. The van der Waals surface area contributed by atoms with Crippen LogP contribution in [-0.2, 0) is 7.05 Å². The van der Waals surface area contributed by atoms with Crippen molar-refractivity contribution in [1.29, 1.82) is 0 Å². The summed E-state index contributed by atoms with van der Waals surface area (Å²) in [5.41, 5.74) is 3.39. The van der Waals surface area contributed by atoms with E-state index in [-0.39, 0.29) is 0 Å². The molecule has 0 aliphatic rings. The van der Waals surface area contributed by atoms with Gasteiger partial charge in [-0.15, -0.1) is 0 Å². The van der Waals surface area contributed by atoms with Crippen LogP contribution in [0.4, 0.5) is 0 Å². The number of hydrogen-bond donors (Lipinski definition) is 0. The average Bonchev–Trinajstić information content (AvgIpc) is 2.86. The maximum Gasteiger partial charge on any atom is 0.144 e. The Labute approximate surface area is 99.1 Å². The molecule has 3 rings (SSSR count). The van der Waals surface area contributed by atoms with Crippen molar-refractivity contribution in [2.45, 2.75) is 0 Å². The zero-order chi connectivity index (χ0) is 11.1. The molecule has 0 spiro atoms. The Bertz CT molecular complexity index is 638. The van der Waals surface area contributed by atoms with Gasteiger partial charge in [-0.05, 0) is 32.3 Å². The normalized spacial score (nSPS) is 11.1. The van der Waals surface area contributed by atoms with Crippen LogP contribution in [0.15, 0.2) is 33.5 Å². The summed E-state index contributed by atoms with van der Waals surface area (Å²) in [6, 6.07) is 5.75. The summed E-state index contributed by atoms with van der Waals surface area (Å²) in [7, 11) is 1.88. The first-order valence-corrected chi connectivity index (χ1v) is 5.46. The van der Waals surface area contributed by atoms with Crippen LogP contribution in [0.3, 0.4) is 0 Å². The molecule has 80 valence electrons. The van der Waals surface area contributed by atoms with E-state index in [1.54, 1.807) is 10.9 Å². The van der Waals surface area contributed by atoms with Gasteiger partial charge in [-0.3, -0.25) is 4.68 Å². The highest BCUT2D eigenvalue weighted by atomic mass is 79.9. The van der Waals surface area contributed by atoms with Crippen molar-refractivity contribution >= 4 is 27.0 Å². The van der Waals surface area contributed by atoms with Gasteiger partial charge in [0.1, 0.15) is 11.0 Å². The lowest BCUT2D eigenvalue weighted by Crippen LogP contribution is -1.94. The number of fused-ring (bicyclic) bond motifs is 1. The molecule has 5 nitrogen and oxygen atoms in total. The molecule has 6 heteroatoms. The van der Waals surface area contributed by atoms with Gasteiger partial charge in [0.05, 0.1) is 16.4 Å². The van der Waals surface area contributed by atoms with E-state index >= 15 is 0 Å². The third-order valence-electron chi connectivity index (χ3n) is 2.44. The van der Waals surface area contributed by atoms with E-state index in [0.29, 0.717) is 0 Å². The quantitative estimate of drug-likeness (QED) is 0.686. The second-order valence-electron chi connectivity index (χ2n) is 3.40. The first-order chi connectivity index (χ1) is 7.77. The van der Waals surface area contributed by atoms with E-state index in [4.69, 9.17) is 4.63 Å². The largest absolute Gasteiger partial charge is 0.267 e. The monoisotopic (exact) mass is 278 g/mol. The summed E-state index contributed by atoms with van der Waals surface area (Å²) in [4.78, 5) is 0. The summed E-state index contributed by atoms with van der Waals surface area (Å²) in [6.07, 6.45) is 1.75. The lowest BCUT2D eigenvalue weighted by Gasteiger charge is -2.02. The Morgan fingerprint density at radius 3 is 2.94 bits per heavy atom. The highest BCUT2D eigenvalue weighted by molar-refractivity contribution is 9.10. The molecule has 0 radical (unpaired) electrons. The molecule has 0 amide bonds. The zero-order valence-electron chi connectivity index (χ0n) is 8.38. The minimum atomic E-state index is 0.741. The maximum atomic E-state index is 4.74. The van der Waals surface area contributed by atoms with Crippen LogP contribution in [0.2, 0.25) is 0 Å². The van der Waals surface area contributed by atoms with Gasteiger partial charge >= 0.3 is 0 Å². The van der Waals surface area contributed by atoms with Gasteiger partial charge < -0.3 is 0 Å². The minimum absolute atomic E-state index is 0.741. The van der Waals surface area contributed by atoms with Gasteiger partial charge in [-0.1, -0.05) is 12.1 Å². The fourth-order valence-corrected chi connectivity index (χ4v) is 2.27. The van der Waals surface area contributed by atoms with E-state index < -0.39 is 0 Å². The molecule has 0 fully saturated rings. The standard InChI is InChI=1S/C10H7BrN4O/c1-15-10(7(11)5-12-15)6-3-2-4-8-9(6)14-16-13-8/h2-5H,1H3. The van der Waals surface area contributed by atoms with Crippen LogP contribution >= 0.6 is 15.9 Å². The van der Waals surface area contributed by atoms with Gasteiger partial charge in [0.15, 0.2) is 0 Å². The highest BCUT2D eigenvalue weighted by Crippen LogP contribution is 2.31. The number of aromatic nitrogens is 4. The molecule has 1 aromatic carbocycles. The number of rotatable bonds is 1. The molecule has 16 heavy (non-hydrogen) atoms. The smallest absolute Gasteiger partial charge is 0.144 e. The van der Waals surface area contributed by atoms with Gasteiger partial charge in [-0.25, -0.2) is 4.63 Å². The Morgan fingerprint density at radius 2 is 2.19 bits per heavy atom. The van der Waals surface area contributed by atoms with Gasteiger partial charge in [0.25, 0.3) is 0 Å². The van der Waals surface area contributed by atoms with E-state index in [9.17, 15) is 0 Å². The van der Waals surface area contributed by atoms with Crippen LogP contribution in [0.25, 0.3) is 22.3 Å². The minimum Gasteiger partial charge on any atom is -0.267 e. The molecule has 3 aromatic rings. The van der Waals surface area contributed by atoms with E-state index in [1.807, 2.05) is 25.2 Å². The fraction of sp³-hybridized carbons (Fsp3) is 0.100. The summed E-state index contributed by atoms with van der Waals surface area (Å²) < 4.78 is 7.45. The number of benzene rings is 1. The van der Waals surface area contributed by atoms with Gasteiger partial charge in [-0.2, -0.15) is 5.10 Å². The number of nitrogens with zero attached hydrogens (tertiary/aromatic N) is 4. The van der Waals surface area contributed by atoms with Crippen LogP contribution in [0, 0.1) is 0 Å². The summed E-state index contributed by atoms with van der Waals surface area (Å²) in [5, 5.41) is 11.9. The van der Waals surface area contributed by atoms with E-state index in [1.165, 1.54) is 0 Å². The van der Waals surface area contributed by atoms with Crippen molar-refractivity contribution in [2.75, 3.05) is 0 Å². The predicted octanol–water partition coefficient (Wildman–Crippen LogP) is 2.39. The lowest BCUT2D eigenvalue weighted by molar-refractivity contribution is 0.315. The molecular weight excluding hydrogens is 272 g/mol. The van der Waals surface area contributed by atoms with Crippen LogP contribution in [0.1, 0.15) is 0 Å². The molecule has 0 bridgehead atoms. The first kappa shape index (κ1) is 9.53. The molecule has 0 atom stereocenters. The Morgan fingerprint density at radius 1 is 1.31 bits per heavy atom. The molecule has 0 aliphatic heterocycles. The highest BCUT2D eigenvalue weighted by Gasteiger charge is 2.14. The van der Waals surface area contributed by atoms with Crippen molar-refractivity contribution in [3.63, 3.8) is 0 Å². The third-order valence-corrected chi connectivity index (χ3v) is 3.02. The SMILES string of the molecule is Cn1ncc(Br)c1-c1cccc2nonc12. The van der Waals surface area contributed by atoms with Gasteiger partial charge in [0.2, 0.25) is 0 Å². The number of halogens is 1. The topological polar surface area (TPSA) is 56.7 Å². The molecule has 2 aromatic heterocycles. The fourth-order valence-electron chi connectivity index (χ4n) is 1.71. The first-order valence-electron chi connectivity index (χ1n) is 4.66. The molecule has 0 unspecified atom stereocenters. The number of aryl methyl sites for hydroxylation is 1. The lowest BCUT2D eigenvalue weighted by atomic mass is 10.1. The van der Waals surface area contributed by atoms with Crippen molar-refractivity contribution < 1.29 is 4.63 Å². The molecule has 0 saturated heterocycles. The Balaban J connectivity index is 2.38. The van der Waals surface area contributed by atoms with Crippen molar-refractivity contribution in [2.24, 2.45) is 7.05 Å². The number of hydrogen-bond acceptors (Lipinski definition) is 4.